The molecule has 0 bridgehead atoms. The molecule has 1 nitrogen and oxygen atoms in total. The molecule has 76 valence electrons. The van der Waals surface area contributed by atoms with Crippen LogP contribution in [0.2, 0.25) is 5.02 Å². The fourth-order valence-corrected chi connectivity index (χ4v) is 1.72. The van der Waals surface area contributed by atoms with E-state index in [2.05, 4.69) is 23.5 Å². The molecule has 1 aromatic carbocycles. The number of hydrogen-bond donors (Lipinski definition) is 1. The summed E-state index contributed by atoms with van der Waals surface area (Å²) in [6, 6.07) is 8.10. The summed E-state index contributed by atoms with van der Waals surface area (Å²) in [5.74, 6) is 0.554. The minimum Gasteiger partial charge on any atom is -0.391 e. The van der Waals surface area contributed by atoms with E-state index >= 15 is 0 Å². The van der Waals surface area contributed by atoms with Gasteiger partial charge in [-0.15, -0.1) is 12.4 Å². The van der Waals surface area contributed by atoms with Gasteiger partial charge in [-0.1, -0.05) is 29.8 Å². The summed E-state index contributed by atoms with van der Waals surface area (Å²) in [5, 5.41) is 4.00. The highest BCUT2D eigenvalue weighted by molar-refractivity contribution is 6.30. The van der Waals surface area contributed by atoms with Crippen LogP contribution >= 0.6 is 24.0 Å². The number of nitrogens with one attached hydrogen (secondary N) is 1. The molecule has 0 saturated heterocycles. The molecule has 0 aliphatic carbocycles. The predicted molar refractivity (Wildman–Crippen MR) is 63.2 cm³/mol. The van der Waals surface area contributed by atoms with Gasteiger partial charge in [0.15, 0.2) is 0 Å². The van der Waals surface area contributed by atoms with Crippen molar-refractivity contribution in [1.29, 1.82) is 0 Å². The van der Waals surface area contributed by atoms with Crippen molar-refractivity contribution in [2.45, 2.75) is 12.3 Å². The van der Waals surface area contributed by atoms with Crippen molar-refractivity contribution in [3.05, 3.63) is 47.1 Å². The number of hydrogen-bond acceptors (Lipinski definition) is 1. The van der Waals surface area contributed by atoms with E-state index in [0.717, 1.165) is 18.0 Å². The van der Waals surface area contributed by atoms with Gasteiger partial charge in [-0.2, -0.15) is 0 Å². The number of rotatable bonds is 1. The summed E-state index contributed by atoms with van der Waals surface area (Å²) in [6.45, 7) is 1.06. The van der Waals surface area contributed by atoms with Crippen LogP contribution in [0.5, 0.6) is 0 Å². The van der Waals surface area contributed by atoms with E-state index in [9.17, 15) is 0 Å². The maximum atomic E-state index is 5.82. The van der Waals surface area contributed by atoms with Gasteiger partial charge >= 0.3 is 0 Å². The molecule has 0 amide bonds. The van der Waals surface area contributed by atoms with Crippen LogP contribution in [-0.2, 0) is 0 Å². The first-order valence-electron chi connectivity index (χ1n) is 4.52. The highest BCUT2D eigenvalue weighted by Gasteiger charge is 2.09. The lowest BCUT2D eigenvalue weighted by Crippen LogP contribution is -2.15. The van der Waals surface area contributed by atoms with Gasteiger partial charge in [-0.05, 0) is 30.3 Å². The van der Waals surface area contributed by atoms with Gasteiger partial charge in [0.1, 0.15) is 0 Å². The third-order valence-electron chi connectivity index (χ3n) is 2.34. The van der Waals surface area contributed by atoms with Crippen LogP contribution in [0, 0.1) is 0 Å². The third kappa shape index (κ3) is 2.66. The van der Waals surface area contributed by atoms with Crippen molar-refractivity contribution < 1.29 is 0 Å². The van der Waals surface area contributed by atoms with Crippen LogP contribution in [0.3, 0.4) is 0 Å². The molecule has 1 aliphatic heterocycles. The van der Waals surface area contributed by atoms with Crippen molar-refractivity contribution in [3.8, 4) is 0 Å². The SMILES string of the molecule is Cl.Clc1ccc(C2C=CNCC2)cc1. The molecule has 1 atom stereocenters. The Balaban J connectivity index is 0.000000980. The van der Waals surface area contributed by atoms with Gasteiger partial charge in [-0.3, -0.25) is 0 Å². The Morgan fingerprint density at radius 1 is 1.21 bits per heavy atom. The summed E-state index contributed by atoms with van der Waals surface area (Å²) in [7, 11) is 0. The second kappa shape index (κ2) is 5.28. The molecule has 0 fully saturated rings. The summed E-state index contributed by atoms with van der Waals surface area (Å²) in [5.41, 5.74) is 1.35. The van der Waals surface area contributed by atoms with E-state index in [0.29, 0.717) is 5.92 Å². The fourth-order valence-electron chi connectivity index (χ4n) is 1.59. The topological polar surface area (TPSA) is 12.0 Å². The lowest BCUT2D eigenvalue weighted by molar-refractivity contribution is 0.657. The molecule has 0 spiro atoms. The molecule has 3 heteroatoms. The normalized spacial score (nSPS) is 19.6. The molecule has 1 aliphatic rings. The van der Waals surface area contributed by atoms with Gasteiger partial charge in [0.05, 0.1) is 0 Å². The number of benzene rings is 1. The van der Waals surface area contributed by atoms with Crippen LogP contribution in [0.1, 0.15) is 17.9 Å². The smallest absolute Gasteiger partial charge is 0.0406 e. The second-order valence-corrected chi connectivity index (χ2v) is 3.70. The maximum Gasteiger partial charge on any atom is 0.0406 e. The summed E-state index contributed by atoms with van der Waals surface area (Å²) >= 11 is 5.82. The zero-order valence-corrected chi connectivity index (χ0v) is 9.31. The number of allylic oxidation sites excluding steroid dienone is 1. The van der Waals surface area contributed by atoms with E-state index in [1.165, 1.54) is 5.56 Å². The Kier molecular flexibility index (Phi) is 4.30. The molecule has 14 heavy (non-hydrogen) atoms. The first-order valence-corrected chi connectivity index (χ1v) is 4.89. The Labute approximate surface area is 95.6 Å². The van der Waals surface area contributed by atoms with Crippen LogP contribution in [0.4, 0.5) is 0 Å². The van der Waals surface area contributed by atoms with Crippen LogP contribution in [-0.4, -0.2) is 6.54 Å². The Morgan fingerprint density at radius 3 is 2.50 bits per heavy atom. The molecule has 1 heterocycles. The average molecular weight is 230 g/mol. The summed E-state index contributed by atoms with van der Waals surface area (Å²) in [6.07, 6.45) is 5.40. The molecule has 0 radical (unpaired) electrons. The largest absolute Gasteiger partial charge is 0.391 e. The van der Waals surface area contributed by atoms with Gasteiger partial charge < -0.3 is 5.32 Å². The minimum absolute atomic E-state index is 0. The lowest BCUT2D eigenvalue weighted by Gasteiger charge is -2.17. The van der Waals surface area contributed by atoms with Gasteiger partial charge in [0, 0.05) is 17.5 Å². The second-order valence-electron chi connectivity index (χ2n) is 3.26. The van der Waals surface area contributed by atoms with E-state index in [-0.39, 0.29) is 12.4 Å². The van der Waals surface area contributed by atoms with Crippen LogP contribution < -0.4 is 5.32 Å². The van der Waals surface area contributed by atoms with Crippen LogP contribution in [0.15, 0.2) is 36.5 Å². The van der Waals surface area contributed by atoms with Gasteiger partial charge in [0.25, 0.3) is 0 Å². The standard InChI is InChI=1S/C11H12ClN.ClH/c12-11-3-1-9(2-4-11)10-5-7-13-8-6-10;/h1-5,7,10,13H,6,8H2;1H. The van der Waals surface area contributed by atoms with Crippen molar-refractivity contribution in [3.63, 3.8) is 0 Å². The van der Waals surface area contributed by atoms with Gasteiger partial charge in [0.2, 0.25) is 0 Å². The molecule has 0 aromatic heterocycles. The van der Waals surface area contributed by atoms with Crippen LogP contribution in [0.25, 0.3) is 0 Å². The molecule has 2 rings (SSSR count). The quantitative estimate of drug-likeness (QED) is 0.780. The van der Waals surface area contributed by atoms with Gasteiger partial charge in [-0.25, -0.2) is 0 Å². The highest BCUT2D eigenvalue weighted by atomic mass is 35.5. The van der Waals surface area contributed by atoms with Crippen molar-refractivity contribution in [1.82, 2.24) is 5.32 Å². The molecule has 1 unspecified atom stereocenters. The van der Waals surface area contributed by atoms with Crippen molar-refractivity contribution >= 4 is 24.0 Å². The van der Waals surface area contributed by atoms with E-state index in [1.807, 2.05) is 18.3 Å². The first-order chi connectivity index (χ1) is 6.36. The Morgan fingerprint density at radius 2 is 1.93 bits per heavy atom. The molecular weight excluding hydrogens is 217 g/mol. The van der Waals surface area contributed by atoms with E-state index in [4.69, 9.17) is 11.6 Å². The molecule has 1 aromatic rings. The fraction of sp³-hybridized carbons (Fsp3) is 0.273. The van der Waals surface area contributed by atoms with E-state index < -0.39 is 0 Å². The summed E-state index contributed by atoms with van der Waals surface area (Å²) < 4.78 is 0. The molecule has 1 N–H and O–H groups in total. The number of halogens is 2. The zero-order valence-electron chi connectivity index (χ0n) is 7.74. The first kappa shape index (κ1) is 11.4. The lowest BCUT2D eigenvalue weighted by atomic mass is 9.94. The van der Waals surface area contributed by atoms with E-state index in [1.54, 1.807) is 0 Å². The summed E-state index contributed by atoms with van der Waals surface area (Å²) in [4.78, 5) is 0. The van der Waals surface area contributed by atoms with Crippen molar-refractivity contribution in [2.75, 3.05) is 6.54 Å². The monoisotopic (exact) mass is 229 g/mol. The zero-order chi connectivity index (χ0) is 9.10. The maximum absolute atomic E-state index is 5.82. The molecule has 0 saturated carbocycles. The third-order valence-corrected chi connectivity index (χ3v) is 2.60. The molecular formula is C11H13Cl2N. The Bertz CT molecular complexity index is 306. The average Bonchev–Trinajstić information content (AvgIpc) is 2.20. The predicted octanol–water partition coefficient (Wildman–Crippen LogP) is 3.35. The Hall–Kier alpha value is -0.660. The van der Waals surface area contributed by atoms with Crippen molar-refractivity contribution in [2.24, 2.45) is 0 Å². The minimum atomic E-state index is 0. The highest BCUT2D eigenvalue weighted by Crippen LogP contribution is 2.23.